The minimum atomic E-state index is 0.460. The van der Waals surface area contributed by atoms with Crippen molar-refractivity contribution in [3.63, 3.8) is 0 Å². The van der Waals surface area contributed by atoms with Gasteiger partial charge < -0.3 is 10.1 Å². The van der Waals surface area contributed by atoms with E-state index in [1.165, 1.54) is 5.69 Å². The molecule has 1 fully saturated rings. The van der Waals surface area contributed by atoms with Crippen LogP contribution in [0.1, 0.15) is 44.0 Å². The second-order valence-electron chi connectivity index (χ2n) is 5.58. The van der Waals surface area contributed by atoms with Crippen molar-refractivity contribution in [1.82, 2.24) is 15.1 Å². The standard InChI is InChI=1S/C15H27N3O/c1-4-15-11-14(6-9-19-15)16-7-5-8-18-13(3)10-12(2)17-18/h10,14-16H,4-9,11H2,1-3H3. The van der Waals surface area contributed by atoms with E-state index in [0.29, 0.717) is 12.1 Å². The maximum atomic E-state index is 5.70. The lowest BCUT2D eigenvalue weighted by molar-refractivity contribution is -0.0000286. The number of rotatable bonds is 6. The van der Waals surface area contributed by atoms with Crippen molar-refractivity contribution in [2.24, 2.45) is 0 Å². The van der Waals surface area contributed by atoms with Crippen LogP contribution >= 0.6 is 0 Å². The van der Waals surface area contributed by atoms with E-state index in [1.807, 2.05) is 0 Å². The van der Waals surface area contributed by atoms with Gasteiger partial charge in [0.05, 0.1) is 11.8 Å². The molecule has 1 saturated heterocycles. The van der Waals surface area contributed by atoms with Gasteiger partial charge in [-0.05, 0) is 52.1 Å². The van der Waals surface area contributed by atoms with E-state index < -0.39 is 0 Å². The van der Waals surface area contributed by atoms with E-state index in [1.54, 1.807) is 0 Å². The van der Waals surface area contributed by atoms with Gasteiger partial charge >= 0.3 is 0 Å². The van der Waals surface area contributed by atoms with E-state index in [0.717, 1.165) is 51.1 Å². The molecule has 2 heterocycles. The van der Waals surface area contributed by atoms with Gasteiger partial charge in [-0.25, -0.2) is 0 Å². The lowest BCUT2D eigenvalue weighted by Gasteiger charge is -2.29. The fourth-order valence-electron chi connectivity index (χ4n) is 2.79. The molecule has 1 N–H and O–H groups in total. The third kappa shape index (κ3) is 4.32. The average molecular weight is 265 g/mol. The normalized spacial score (nSPS) is 23.7. The summed E-state index contributed by atoms with van der Waals surface area (Å²) >= 11 is 0. The molecule has 19 heavy (non-hydrogen) atoms. The van der Waals surface area contributed by atoms with Crippen LogP contribution < -0.4 is 5.32 Å². The van der Waals surface area contributed by atoms with Gasteiger partial charge in [-0.2, -0.15) is 5.10 Å². The summed E-state index contributed by atoms with van der Waals surface area (Å²) in [4.78, 5) is 0. The van der Waals surface area contributed by atoms with Crippen LogP contribution in [0.25, 0.3) is 0 Å². The predicted octanol–water partition coefficient (Wildman–Crippen LogP) is 2.44. The highest BCUT2D eigenvalue weighted by atomic mass is 16.5. The number of nitrogens with zero attached hydrogens (tertiary/aromatic N) is 2. The minimum Gasteiger partial charge on any atom is -0.378 e. The number of hydrogen-bond donors (Lipinski definition) is 1. The highest BCUT2D eigenvalue weighted by molar-refractivity contribution is 5.06. The fraction of sp³-hybridized carbons (Fsp3) is 0.800. The molecule has 2 rings (SSSR count). The Morgan fingerprint density at radius 3 is 3.00 bits per heavy atom. The van der Waals surface area contributed by atoms with E-state index in [2.05, 4.69) is 41.9 Å². The van der Waals surface area contributed by atoms with Crippen LogP contribution in [0.15, 0.2) is 6.07 Å². The second-order valence-corrected chi connectivity index (χ2v) is 5.58. The Morgan fingerprint density at radius 1 is 1.47 bits per heavy atom. The fourth-order valence-corrected chi connectivity index (χ4v) is 2.79. The molecule has 0 spiro atoms. The summed E-state index contributed by atoms with van der Waals surface area (Å²) in [5.74, 6) is 0. The predicted molar refractivity (Wildman–Crippen MR) is 77.4 cm³/mol. The third-order valence-electron chi connectivity index (χ3n) is 3.91. The van der Waals surface area contributed by atoms with Gasteiger partial charge in [-0.3, -0.25) is 4.68 Å². The van der Waals surface area contributed by atoms with Crippen LogP contribution in [0, 0.1) is 13.8 Å². The monoisotopic (exact) mass is 265 g/mol. The molecule has 2 atom stereocenters. The molecule has 1 aromatic rings. The average Bonchev–Trinajstić information content (AvgIpc) is 2.73. The van der Waals surface area contributed by atoms with Gasteiger partial charge in [0.25, 0.3) is 0 Å². The Hall–Kier alpha value is -0.870. The van der Waals surface area contributed by atoms with Crippen molar-refractivity contribution in [3.8, 4) is 0 Å². The number of aromatic nitrogens is 2. The smallest absolute Gasteiger partial charge is 0.0596 e. The Morgan fingerprint density at radius 2 is 2.32 bits per heavy atom. The van der Waals surface area contributed by atoms with Crippen molar-refractivity contribution < 1.29 is 4.74 Å². The van der Waals surface area contributed by atoms with Gasteiger partial charge in [-0.15, -0.1) is 0 Å². The number of ether oxygens (including phenoxy) is 1. The van der Waals surface area contributed by atoms with Crippen LogP contribution in [0.3, 0.4) is 0 Å². The molecule has 0 saturated carbocycles. The molecule has 2 unspecified atom stereocenters. The molecule has 1 aliphatic rings. The molecule has 0 aliphatic carbocycles. The first-order valence-electron chi connectivity index (χ1n) is 7.55. The Kier molecular flexibility index (Phi) is 5.40. The maximum absolute atomic E-state index is 5.70. The zero-order valence-electron chi connectivity index (χ0n) is 12.5. The van der Waals surface area contributed by atoms with E-state index in [-0.39, 0.29) is 0 Å². The van der Waals surface area contributed by atoms with Crippen molar-refractivity contribution >= 4 is 0 Å². The molecule has 0 bridgehead atoms. The molecule has 4 nitrogen and oxygen atoms in total. The molecule has 1 aliphatic heterocycles. The van der Waals surface area contributed by atoms with E-state index in [4.69, 9.17) is 4.74 Å². The first-order chi connectivity index (χ1) is 9.19. The maximum Gasteiger partial charge on any atom is 0.0596 e. The summed E-state index contributed by atoms with van der Waals surface area (Å²) < 4.78 is 7.80. The quantitative estimate of drug-likeness (QED) is 0.803. The molecular weight excluding hydrogens is 238 g/mol. The van der Waals surface area contributed by atoms with Crippen molar-refractivity contribution in [1.29, 1.82) is 0 Å². The molecule has 1 aromatic heterocycles. The van der Waals surface area contributed by atoms with E-state index in [9.17, 15) is 0 Å². The van der Waals surface area contributed by atoms with Gasteiger partial charge in [0.15, 0.2) is 0 Å². The summed E-state index contributed by atoms with van der Waals surface area (Å²) in [6, 6.07) is 2.77. The second kappa shape index (κ2) is 7.06. The summed E-state index contributed by atoms with van der Waals surface area (Å²) in [5, 5.41) is 8.15. The highest BCUT2D eigenvalue weighted by Crippen LogP contribution is 2.16. The summed E-state index contributed by atoms with van der Waals surface area (Å²) in [6.45, 7) is 9.36. The zero-order chi connectivity index (χ0) is 13.7. The van der Waals surface area contributed by atoms with Crippen LogP contribution in [0.5, 0.6) is 0 Å². The number of hydrogen-bond acceptors (Lipinski definition) is 3. The van der Waals surface area contributed by atoms with Crippen molar-refractivity contribution in [3.05, 3.63) is 17.5 Å². The summed E-state index contributed by atoms with van der Waals surface area (Å²) in [6.07, 6.45) is 5.04. The summed E-state index contributed by atoms with van der Waals surface area (Å²) in [7, 11) is 0. The number of aryl methyl sites for hydroxylation is 3. The molecule has 4 heteroatoms. The van der Waals surface area contributed by atoms with Gasteiger partial charge in [0.2, 0.25) is 0 Å². The van der Waals surface area contributed by atoms with Gasteiger partial charge in [0.1, 0.15) is 0 Å². The summed E-state index contributed by atoms with van der Waals surface area (Å²) in [5.41, 5.74) is 2.37. The Labute approximate surface area is 116 Å². The van der Waals surface area contributed by atoms with Crippen LogP contribution in [-0.2, 0) is 11.3 Å². The Balaban J connectivity index is 1.65. The zero-order valence-corrected chi connectivity index (χ0v) is 12.5. The molecule has 0 amide bonds. The van der Waals surface area contributed by atoms with Gasteiger partial charge in [-0.1, -0.05) is 6.92 Å². The molecule has 0 radical (unpaired) electrons. The van der Waals surface area contributed by atoms with Crippen LogP contribution in [0.4, 0.5) is 0 Å². The van der Waals surface area contributed by atoms with Crippen molar-refractivity contribution in [2.45, 2.75) is 65.1 Å². The number of nitrogens with one attached hydrogen (secondary N) is 1. The SMILES string of the molecule is CCC1CC(NCCCn2nc(C)cc2C)CCO1. The first kappa shape index (κ1) is 14.5. The lowest BCUT2D eigenvalue weighted by atomic mass is 10.0. The minimum absolute atomic E-state index is 0.460. The van der Waals surface area contributed by atoms with Gasteiger partial charge in [0, 0.05) is 24.9 Å². The van der Waals surface area contributed by atoms with Crippen LogP contribution in [-0.4, -0.2) is 35.1 Å². The third-order valence-corrected chi connectivity index (χ3v) is 3.91. The highest BCUT2D eigenvalue weighted by Gasteiger charge is 2.20. The van der Waals surface area contributed by atoms with E-state index >= 15 is 0 Å². The largest absolute Gasteiger partial charge is 0.378 e. The Bertz CT molecular complexity index is 389. The molecular formula is C15H27N3O. The first-order valence-corrected chi connectivity index (χ1v) is 7.55. The topological polar surface area (TPSA) is 39.1 Å². The molecule has 0 aromatic carbocycles. The van der Waals surface area contributed by atoms with Crippen molar-refractivity contribution in [2.75, 3.05) is 13.2 Å². The van der Waals surface area contributed by atoms with Crippen LogP contribution in [0.2, 0.25) is 0 Å². The lowest BCUT2D eigenvalue weighted by Crippen LogP contribution is -2.39. The molecule has 108 valence electrons.